The van der Waals surface area contributed by atoms with Crippen LogP contribution in [-0.2, 0) is 11.0 Å². The number of hydrogen-bond acceptors (Lipinski definition) is 3. The molecule has 0 saturated carbocycles. The Morgan fingerprint density at radius 1 is 1.09 bits per heavy atom. The van der Waals surface area contributed by atoms with Crippen LogP contribution in [0.15, 0.2) is 48.5 Å². The minimum Gasteiger partial charge on any atom is -0.497 e. The predicted molar refractivity (Wildman–Crippen MR) is 114 cm³/mol. The number of methoxy groups -OCH3 is 1. The molecule has 1 heterocycles. The lowest BCUT2D eigenvalue weighted by Gasteiger charge is -2.27. The monoisotopic (exact) mass is 448 g/mol. The first-order valence-corrected chi connectivity index (χ1v) is 10.4. The molecule has 0 aromatic heterocycles. The number of benzene rings is 2. The van der Waals surface area contributed by atoms with Gasteiger partial charge in [-0.3, -0.25) is 9.59 Å². The van der Waals surface area contributed by atoms with E-state index in [0.29, 0.717) is 16.9 Å². The summed E-state index contributed by atoms with van der Waals surface area (Å²) in [6.45, 7) is 4.02. The van der Waals surface area contributed by atoms with Gasteiger partial charge in [-0.2, -0.15) is 13.2 Å². The zero-order valence-corrected chi connectivity index (χ0v) is 18.5. The lowest BCUT2D eigenvalue weighted by Crippen LogP contribution is -2.40. The summed E-state index contributed by atoms with van der Waals surface area (Å²) < 4.78 is 45.1. The van der Waals surface area contributed by atoms with E-state index >= 15 is 0 Å². The van der Waals surface area contributed by atoms with Gasteiger partial charge in [-0.1, -0.05) is 24.3 Å². The highest BCUT2D eigenvalue weighted by atomic mass is 19.4. The Kier molecular flexibility index (Phi) is 6.81. The smallest absolute Gasteiger partial charge is 0.416 e. The van der Waals surface area contributed by atoms with Crippen molar-refractivity contribution in [3.8, 4) is 5.75 Å². The molecule has 0 radical (unpaired) electrons. The fourth-order valence-corrected chi connectivity index (χ4v) is 3.96. The van der Waals surface area contributed by atoms with Gasteiger partial charge in [-0.05, 0) is 43.7 Å². The van der Waals surface area contributed by atoms with Gasteiger partial charge in [0.2, 0.25) is 5.91 Å². The van der Waals surface area contributed by atoms with Crippen LogP contribution in [0, 0.1) is 5.92 Å². The van der Waals surface area contributed by atoms with Crippen LogP contribution >= 0.6 is 0 Å². The molecule has 2 unspecified atom stereocenters. The molecule has 0 aliphatic carbocycles. The summed E-state index contributed by atoms with van der Waals surface area (Å²) in [4.78, 5) is 29.5. The Labute approximate surface area is 185 Å². The Bertz CT molecular complexity index is 990. The van der Waals surface area contributed by atoms with Crippen LogP contribution in [0.2, 0.25) is 0 Å². The molecule has 0 N–H and O–H groups in total. The summed E-state index contributed by atoms with van der Waals surface area (Å²) in [6, 6.07) is 11.6. The number of carbonyl (C=O) groups is 2. The Morgan fingerprint density at radius 3 is 2.41 bits per heavy atom. The molecule has 2 amide bonds. The summed E-state index contributed by atoms with van der Waals surface area (Å²) >= 11 is 0. The van der Waals surface area contributed by atoms with Crippen LogP contribution < -0.4 is 4.74 Å². The van der Waals surface area contributed by atoms with Crippen LogP contribution in [0.4, 0.5) is 13.2 Å². The summed E-state index contributed by atoms with van der Waals surface area (Å²) in [6.07, 6.45) is -4.49. The molecule has 5 nitrogen and oxygen atoms in total. The van der Waals surface area contributed by atoms with Gasteiger partial charge in [0.25, 0.3) is 5.91 Å². The third-order valence-electron chi connectivity index (χ3n) is 6.01. The fraction of sp³-hybridized carbons (Fsp3) is 0.417. The number of nitrogens with zero attached hydrogens (tertiary/aromatic N) is 2. The van der Waals surface area contributed by atoms with Gasteiger partial charge >= 0.3 is 6.18 Å². The highest BCUT2D eigenvalue weighted by molar-refractivity contribution is 5.95. The molecule has 2 aromatic rings. The highest BCUT2D eigenvalue weighted by Crippen LogP contribution is 2.38. The van der Waals surface area contributed by atoms with Crippen LogP contribution in [0.1, 0.15) is 41.3 Å². The Balaban J connectivity index is 1.96. The lowest BCUT2D eigenvalue weighted by molar-refractivity contribution is -0.137. The molecular formula is C24H27F3N2O3. The van der Waals surface area contributed by atoms with E-state index in [1.54, 1.807) is 42.3 Å². The topological polar surface area (TPSA) is 49.9 Å². The van der Waals surface area contributed by atoms with E-state index in [1.165, 1.54) is 18.1 Å². The average Bonchev–Trinajstić information content (AvgIpc) is 3.22. The van der Waals surface area contributed by atoms with Gasteiger partial charge in [0, 0.05) is 37.7 Å². The zero-order chi connectivity index (χ0) is 23.6. The Morgan fingerprint density at radius 2 is 1.78 bits per heavy atom. The summed E-state index contributed by atoms with van der Waals surface area (Å²) in [5.41, 5.74) is 0.0321. The molecule has 2 atom stereocenters. The van der Waals surface area contributed by atoms with Crippen molar-refractivity contribution < 1.29 is 27.5 Å². The van der Waals surface area contributed by atoms with Crippen molar-refractivity contribution in [2.75, 3.05) is 27.2 Å². The van der Waals surface area contributed by atoms with Gasteiger partial charge in [0.05, 0.1) is 18.6 Å². The molecule has 1 aliphatic heterocycles. The quantitative estimate of drug-likeness (QED) is 0.680. The fourth-order valence-electron chi connectivity index (χ4n) is 3.96. The number of carbonyl (C=O) groups excluding carboxylic acids is 2. The second kappa shape index (κ2) is 9.22. The molecule has 2 aromatic carbocycles. The van der Waals surface area contributed by atoms with Crippen molar-refractivity contribution >= 4 is 11.8 Å². The standard InChI is InChI=1S/C24H27F3N2O3/c1-15(2)28(3)23(31)21-14-29(22(30)17-8-6-10-19(12-17)32-4)13-20(21)16-7-5-9-18(11-16)24(25,26)27/h5-12,15,20-21H,13-14H2,1-4H3. The second-order valence-electron chi connectivity index (χ2n) is 8.32. The predicted octanol–water partition coefficient (Wildman–Crippen LogP) is 4.44. The van der Waals surface area contributed by atoms with Crippen LogP contribution in [-0.4, -0.2) is 54.9 Å². The Hall–Kier alpha value is -3.03. The van der Waals surface area contributed by atoms with Gasteiger partial charge in [-0.25, -0.2) is 0 Å². The minimum atomic E-state index is -4.49. The molecular weight excluding hydrogens is 421 g/mol. The molecule has 1 saturated heterocycles. The van der Waals surface area contributed by atoms with Crippen LogP contribution in [0.5, 0.6) is 5.75 Å². The maximum Gasteiger partial charge on any atom is 0.416 e. The summed E-state index contributed by atoms with van der Waals surface area (Å²) in [5.74, 6) is -1.13. The van der Waals surface area contributed by atoms with Crippen molar-refractivity contribution in [1.82, 2.24) is 9.80 Å². The number of rotatable bonds is 5. The maximum atomic E-state index is 13.3. The van der Waals surface area contributed by atoms with E-state index in [1.807, 2.05) is 13.8 Å². The zero-order valence-electron chi connectivity index (χ0n) is 18.5. The van der Waals surface area contributed by atoms with Crippen molar-refractivity contribution in [1.29, 1.82) is 0 Å². The van der Waals surface area contributed by atoms with Crippen molar-refractivity contribution in [2.45, 2.75) is 32.0 Å². The molecule has 8 heteroatoms. The number of amides is 2. The van der Waals surface area contributed by atoms with Crippen molar-refractivity contribution in [2.24, 2.45) is 5.92 Å². The highest BCUT2D eigenvalue weighted by Gasteiger charge is 2.43. The lowest BCUT2D eigenvalue weighted by atomic mass is 9.87. The van der Waals surface area contributed by atoms with E-state index < -0.39 is 23.6 Å². The molecule has 0 spiro atoms. The largest absolute Gasteiger partial charge is 0.497 e. The first-order chi connectivity index (χ1) is 15.0. The number of alkyl halides is 3. The number of hydrogen-bond donors (Lipinski definition) is 0. The first kappa shape index (κ1) is 23.6. The normalized spacial score (nSPS) is 18.7. The molecule has 172 valence electrons. The van der Waals surface area contributed by atoms with Gasteiger partial charge in [0.1, 0.15) is 5.75 Å². The molecule has 3 rings (SSSR count). The van der Waals surface area contributed by atoms with E-state index in [9.17, 15) is 22.8 Å². The van der Waals surface area contributed by atoms with Gasteiger partial charge in [-0.15, -0.1) is 0 Å². The molecule has 1 aliphatic rings. The first-order valence-electron chi connectivity index (χ1n) is 10.4. The van der Waals surface area contributed by atoms with Crippen LogP contribution in [0.3, 0.4) is 0 Å². The number of likely N-dealkylation sites (tertiary alicyclic amines) is 1. The molecule has 1 fully saturated rings. The summed E-state index contributed by atoms with van der Waals surface area (Å²) in [5, 5.41) is 0. The van der Waals surface area contributed by atoms with Crippen molar-refractivity contribution in [3.05, 3.63) is 65.2 Å². The molecule has 32 heavy (non-hydrogen) atoms. The van der Waals surface area contributed by atoms with Crippen LogP contribution in [0.25, 0.3) is 0 Å². The second-order valence-corrected chi connectivity index (χ2v) is 8.32. The van der Waals surface area contributed by atoms with E-state index in [-0.39, 0.29) is 30.9 Å². The number of ether oxygens (including phenoxy) is 1. The third-order valence-corrected chi connectivity index (χ3v) is 6.01. The van der Waals surface area contributed by atoms with Crippen molar-refractivity contribution in [3.63, 3.8) is 0 Å². The number of halogens is 3. The van der Waals surface area contributed by atoms with Gasteiger partial charge < -0.3 is 14.5 Å². The SMILES string of the molecule is COc1cccc(C(=O)N2CC(C(=O)N(C)C(C)C)C(c3cccc(C(F)(F)F)c3)C2)c1. The van der Waals surface area contributed by atoms with Gasteiger partial charge in [0.15, 0.2) is 0 Å². The minimum absolute atomic E-state index is 0.0761. The maximum absolute atomic E-state index is 13.3. The third kappa shape index (κ3) is 4.89. The molecule has 0 bridgehead atoms. The van der Waals surface area contributed by atoms with E-state index in [2.05, 4.69) is 0 Å². The average molecular weight is 448 g/mol. The van der Waals surface area contributed by atoms with E-state index in [4.69, 9.17) is 4.74 Å². The van der Waals surface area contributed by atoms with E-state index in [0.717, 1.165) is 12.1 Å². The summed E-state index contributed by atoms with van der Waals surface area (Å²) in [7, 11) is 3.17.